The predicted octanol–water partition coefficient (Wildman–Crippen LogP) is 4.87. The summed E-state index contributed by atoms with van der Waals surface area (Å²) in [6.45, 7) is 2.29. The highest BCUT2D eigenvalue weighted by Gasteiger charge is 2.28. The molecule has 38 heavy (non-hydrogen) atoms. The number of hydrogen-bond acceptors (Lipinski definition) is 8. The van der Waals surface area contributed by atoms with Crippen molar-refractivity contribution in [1.82, 2.24) is 5.32 Å². The largest absolute Gasteiger partial charge is 0.480 e. The first-order valence-electron chi connectivity index (χ1n) is 14.1. The minimum atomic E-state index is -4.71. The van der Waals surface area contributed by atoms with E-state index < -0.39 is 57.6 Å². The van der Waals surface area contributed by atoms with E-state index in [4.69, 9.17) is 4.74 Å². The summed E-state index contributed by atoms with van der Waals surface area (Å²) in [5.74, 6) is -2.41. The smallest absolute Gasteiger partial charge is 0.472 e. The van der Waals surface area contributed by atoms with E-state index in [0.29, 0.717) is 12.8 Å². The van der Waals surface area contributed by atoms with Crippen LogP contribution in [-0.2, 0) is 32.7 Å². The molecule has 0 bridgehead atoms. The molecule has 3 atom stereocenters. The third kappa shape index (κ3) is 22.5. The molecule has 0 aliphatic rings. The second kappa shape index (κ2) is 23.4. The number of carboxylic acid groups (broad SMARTS) is 1. The summed E-state index contributed by atoms with van der Waals surface area (Å²) in [5, 5.41) is 21.3. The van der Waals surface area contributed by atoms with Crippen molar-refractivity contribution in [2.24, 2.45) is 0 Å². The Hall–Kier alpha value is -1.52. The van der Waals surface area contributed by atoms with E-state index in [1.54, 1.807) is 0 Å². The molecule has 0 aromatic rings. The number of rotatable bonds is 26. The number of aliphatic hydroxyl groups is 1. The fraction of sp³-hybridized carbons (Fsp3) is 0.885. The number of unbranched alkanes of at least 4 members (excludes halogenated alkanes) is 12. The fourth-order valence-electron chi connectivity index (χ4n) is 3.61. The molecule has 224 valence electrons. The molecule has 12 heteroatoms. The molecule has 0 heterocycles. The van der Waals surface area contributed by atoms with Crippen molar-refractivity contribution in [3.05, 3.63) is 0 Å². The summed E-state index contributed by atoms with van der Waals surface area (Å²) in [5.41, 5.74) is 0. The molecule has 0 rings (SSSR count). The van der Waals surface area contributed by atoms with Gasteiger partial charge in [-0.1, -0.05) is 90.9 Å². The van der Waals surface area contributed by atoms with E-state index in [-0.39, 0.29) is 12.8 Å². The molecular formula is C26H50NO10P. The van der Waals surface area contributed by atoms with Gasteiger partial charge in [-0.25, -0.2) is 9.36 Å². The van der Waals surface area contributed by atoms with Gasteiger partial charge >= 0.3 is 19.8 Å². The van der Waals surface area contributed by atoms with Gasteiger partial charge in [-0.2, -0.15) is 0 Å². The fourth-order valence-corrected chi connectivity index (χ4v) is 4.38. The Morgan fingerprint density at radius 3 is 1.76 bits per heavy atom. The Labute approximate surface area is 227 Å². The Kier molecular flexibility index (Phi) is 22.4. The second-order valence-electron chi connectivity index (χ2n) is 9.60. The van der Waals surface area contributed by atoms with Gasteiger partial charge in [-0.3, -0.25) is 18.6 Å². The third-order valence-electron chi connectivity index (χ3n) is 5.90. The summed E-state index contributed by atoms with van der Waals surface area (Å²) >= 11 is 0. The second-order valence-corrected chi connectivity index (χ2v) is 11.1. The van der Waals surface area contributed by atoms with Crippen LogP contribution >= 0.6 is 7.82 Å². The highest BCUT2D eigenvalue weighted by Crippen LogP contribution is 2.43. The molecule has 0 saturated heterocycles. The summed E-state index contributed by atoms with van der Waals surface area (Å²) < 4.78 is 26.3. The zero-order valence-electron chi connectivity index (χ0n) is 23.2. The lowest BCUT2D eigenvalue weighted by molar-refractivity contribution is -0.147. The van der Waals surface area contributed by atoms with E-state index in [1.807, 2.05) is 6.92 Å². The number of amides is 1. The topological polar surface area (TPSA) is 169 Å². The van der Waals surface area contributed by atoms with Crippen molar-refractivity contribution in [1.29, 1.82) is 0 Å². The Morgan fingerprint density at radius 1 is 0.737 bits per heavy atom. The number of carbonyl (C=O) groups excluding carboxylic acids is 2. The van der Waals surface area contributed by atoms with Crippen LogP contribution in [0, 0.1) is 0 Å². The number of hydrogen-bond donors (Lipinski definition) is 4. The number of esters is 1. The van der Waals surface area contributed by atoms with Crippen molar-refractivity contribution in [3.63, 3.8) is 0 Å². The van der Waals surface area contributed by atoms with Crippen LogP contribution in [0.25, 0.3) is 0 Å². The number of phosphoric ester groups is 1. The van der Waals surface area contributed by atoms with Crippen LogP contribution in [-0.4, -0.2) is 64.9 Å². The minimum absolute atomic E-state index is 0.134. The molecule has 4 N–H and O–H groups in total. The predicted molar refractivity (Wildman–Crippen MR) is 143 cm³/mol. The molecule has 0 aromatic heterocycles. The normalized spacial score (nSPS) is 14.4. The molecule has 0 radical (unpaired) electrons. The molecule has 11 nitrogen and oxygen atoms in total. The molecule has 3 unspecified atom stereocenters. The van der Waals surface area contributed by atoms with Gasteiger partial charge < -0.3 is 25.2 Å². The van der Waals surface area contributed by atoms with Crippen molar-refractivity contribution < 1.29 is 47.8 Å². The summed E-state index contributed by atoms with van der Waals surface area (Å²) in [4.78, 5) is 44.7. The van der Waals surface area contributed by atoms with Crippen molar-refractivity contribution >= 4 is 25.7 Å². The van der Waals surface area contributed by atoms with E-state index in [9.17, 15) is 34.1 Å². The maximum absolute atomic E-state index is 12.0. The molecule has 0 fully saturated rings. The molecule has 0 aliphatic carbocycles. The van der Waals surface area contributed by atoms with Crippen molar-refractivity contribution in [2.45, 2.75) is 129 Å². The van der Waals surface area contributed by atoms with Gasteiger partial charge in [0.15, 0.2) is 6.04 Å². The average Bonchev–Trinajstić information content (AvgIpc) is 2.87. The van der Waals surface area contributed by atoms with Crippen LogP contribution < -0.4 is 5.32 Å². The van der Waals surface area contributed by atoms with Gasteiger partial charge in [-0.05, 0) is 12.8 Å². The van der Waals surface area contributed by atoms with Crippen LogP contribution in [0.3, 0.4) is 0 Å². The first-order chi connectivity index (χ1) is 18.1. The minimum Gasteiger partial charge on any atom is -0.480 e. The Morgan fingerprint density at radius 2 is 1.21 bits per heavy atom. The van der Waals surface area contributed by atoms with Crippen LogP contribution in [0.1, 0.15) is 117 Å². The monoisotopic (exact) mass is 567 g/mol. The number of carboxylic acids is 1. The first kappa shape index (κ1) is 36.5. The highest BCUT2D eigenvalue weighted by molar-refractivity contribution is 7.47. The van der Waals surface area contributed by atoms with Gasteiger partial charge in [0.25, 0.3) is 0 Å². The molecule has 0 aliphatic heterocycles. The van der Waals surface area contributed by atoms with Crippen LogP contribution in [0.2, 0.25) is 0 Å². The average molecular weight is 568 g/mol. The van der Waals surface area contributed by atoms with Crippen molar-refractivity contribution in [2.75, 3.05) is 19.8 Å². The highest BCUT2D eigenvalue weighted by atomic mass is 31.2. The SMILES string of the molecule is CCCCCCCCCCCCCC(=O)OCC(O)COP(=O)(O)OCC(NC(=O)CCCCC)C(=O)O. The Balaban J connectivity index is 3.98. The zero-order valence-corrected chi connectivity index (χ0v) is 24.1. The number of carbonyl (C=O) groups is 3. The van der Waals surface area contributed by atoms with Crippen LogP contribution in [0.15, 0.2) is 0 Å². The number of nitrogens with one attached hydrogen (secondary N) is 1. The molecule has 0 spiro atoms. The van der Waals surface area contributed by atoms with Crippen LogP contribution in [0.5, 0.6) is 0 Å². The maximum atomic E-state index is 12.0. The standard InChI is InChI=1S/C26H50NO10P/c1-3-5-7-8-9-10-11-12-13-14-16-18-25(30)35-19-22(28)20-36-38(33,34)37-21-23(26(31)32)27-24(29)17-15-6-4-2/h22-23,28H,3-21H2,1-2H3,(H,27,29)(H,31,32)(H,33,34). The van der Waals surface area contributed by atoms with Gasteiger partial charge in [0.05, 0.1) is 13.2 Å². The number of aliphatic hydroxyl groups excluding tert-OH is 1. The lowest BCUT2D eigenvalue weighted by Crippen LogP contribution is -2.43. The van der Waals surface area contributed by atoms with Gasteiger partial charge in [0, 0.05) is 12.8 Å². The Bertz CT molecular complexity index is 691. The lowest BCUT2D eigenvalue weighted by atomic mass is 10.1. The lowest BCUT2D eigenvalue weighted by Gasteiger charge is -2.18. The third-order valence-corrected chi connectivity index (χ3v) is 6.85. The van der Waals surface area contributed by atoms with Gasteiger partial charge in [0.1, 0.15) is 12.7 Å². The van der Waals surface area contributed by atoms with E-state index in [2.05, 4.69) is 21.3 Å². The summed E-state index contributed by atoms with van der Waals surface area (Å²) in [6, 6.07) is -1.53. The van der Waals surface area contributed by atoms with E-state index in [1.165, 1.54) is 44.9 Å². The molecule has 0 aromatic carbocycles. The van der Waals surface area contributed by atoms with E-state index >= 15 is 0 Å². The number of aliphatic carboxylic acids is 1. The quantitative estimate of drug-likeness (QED) is 0.0642. The van der Waals surface area contributed by atoms with Crippen molar-refractivity contribution in [3.8, 4) is 0 Å². The first-order valence-corrected chi connectivity index (χ1v) is 15.6. The molecular weight excluding hydrogens is 517 g/mol. The molecule has 0 saturated carbocycles. The van der Waals surface area contributed by atoms with Crippen LogP contribution in [0.4, 0.5) is 0 Å². The molecule has 1 amide bonds. The summed E-state index contributed by atoms with van der Waals surface area (Å²) in [6.07, 6.45) is 14.1. The zero-order chi connectivity index (χ0) is 28.7. The summed E-state index contributed by atoms with van der Waals surface area (Å²) in [7, 11) is -4.71. The van der Waals surface area contributed by atoms with Gasteiger partial charge in [0.2, 0.25) is 5.91 Å². The van der Waals surface area contributed by atoms with Gasteiger partial charge in [-0.15, -0.1) is 0 Å². The number of ether oxygens (including phenoxy) is 1. The van der Waals surface area contributed by atoms with E-state index in [0.717, 1.165) is 32.1 Å². The number of phosphoric acid groups is 1. The maximum Gasteiger partial charge on any atom is 0.472 e.